The molecule has 0 spiro atoms. The summed E-state index contributed by atoms with van der Waals surface area (Å²) >= 11 is 0. The minimum Gasteiger partial charge on any atom is -0.326 e. The first-order chi connectivity index (χ1) is 8.65. The minimum atomic E-state index is 0.0194. The summed E-state index contributed by atoms with van der Waals surface area (Å²) in [5.74, 6) is 0.0194. The van der Waals surface area contributed by atoms with Crippen LogP contribution in [-0.4, -0.2) is 28.7 Å². The van der Waals surface area contributed by atoms with Gasteiger partial charge in [0.15, 0.2) is 0 Å². The van der Waals surface area contributed by atoms with E-state index in [1.54, 1.807) is 6.20 Å². The number of benzene rings is 1. The molecule has 2 aromatic rings. The Morgan fingerprint density at radius 2 is 2.28 bits per heavy atom. The van der Waals surface area contributed by atoms with E-state index < -0.39 is 0 Å². The number of carbonyl (C=O) groups excluding carboxylic acids is 1. The molecule has 5 heteroatoms. The van der Waals surface area contributed by atoms with E-state index in [4.69, 9.17) is 0 Å². The molecule has 0 fully saturated rings. The molecule has 2 rings (SSSR count). The van der Waals surface area contributed by atoms with Gasteiger partial charge in [-0.1, -0.05) is 13.8 Å². The van der Waals surface area contributed by atoms with Gasteiger partial charge in [-0.15, -0.1) is 0 Å². The number of hydrogen-bond donors (Lipinski definition) is 3. The van der Waals surface area contributed by atoms with Crippen molar-refractivity contribution >= 4 is 22.5 Å². The first kappa shape index (κ1) is 12.6. The second-order valence-corrected chi connectivity index (χ2v) is 4.58. The molecule has 3 N–H and O–H groups in total. The highest BCUT2D eigenvalue weighted by molar-refractivity contribution is 5.93. The van der Waals surface area contributed by atoms with Crippen molar-refractivity contribution in [1.29, 1.82) is 0 Å². The van der Waals surface area contributed by atoms with Crippen LogP contribution >= 0.6 is 0 Å². The van der Waals surface area contributed by atoms with Gasteiger partial charge in [0.2, 0.25) is 5.91 Å². The zero-order valence-electron chi connectivity index (χ0n) is 10.7. The Hall–Kier alpha value is -1.88. The maximum atomic E-state index is 11.7. The standard InChI is InChI=1S/C13H18N4O/c1-9(2)14-6-5-13(18)16-11-3-4-12-10(7-11)8-15-17-12/h3-4,7-9,14H,5-6H2,1-2H3,(H,15,17)(H,16,18). The van der Waals surface area contributed by atoms with Crippen molar-refractivity contribution in [2.75, 3.05) is 11.9 Å². The third kappa shape index (κ3) is 3.30. The number of anilines is 1. The summed E-state index contributed by atoms with van der Waals surface area (Å²) < 4.78 is 0. The highest BCUT2D eigenvalue weighted by Crippen LogP contribution is 2.16. The zero-order chi connectivity index (χ0) is 13.0. The lowest BCUT2D eigenvalue weighted by atomic mass is 10.2. The topological polar surface area (TPSA) is 69.8 Å². The fourth-order valence-corrected chi connectivity index (χ4v) is 1.72. The smallest absolute Gasteiger partial charge is 0.225 e. The first-order valence-corrected chi connectivity index (χ1v) is 6.11. The molecule has 0 radical (unpaired) electrons. The molecule has 0 atom stereocenters. The van der Waals surface area contributed by atoms with Crippen molar-refractivity contribution < 1.29 is 4.79 Å². The van der Waals surface area contributed by atoms with Gasteiger partial charge in [-0.3, -0.25) is 9.89 Å². The summed E-state index contributed by atoms with van der Waals surface area (Å²) in [5.41, 5.74) is 1.77. The fraction of sp³-hybridized carbons (Fsp3) is 0.385. The van der Waals surface area contributed by atoms with E-state index in [9.17, 15) is 4.79 Å². The molecule has 0 aliphatic heterocycles. The SMILES string of the molecule is CC(C)NCCC(=O)Nc1ccc2[nH]ncc2c1. The second-order valence-electron chi connectivity index (χ2n) is 4.58. The molecule has 5 nitrogen and oxygen atoms in total. The van der Waals surface area contributed by atoms with Crippen LogP contribution in [0, 0.1) is 0 Å². The third-order valence-corrected chi connectivity index (χ3v) is 2.63. The van der Waals surface area contributed by atoms with E-state index in [2.05, 4.69) is 34.7 Å². The van der Waals surface area contributed by atoms with Gasteiger partial charge in [0.1, 0.15) is 0 Å². The van der Waals surface area contributed by atoms with E-state index in [1.165, 1.54) is 0 Å². The van der Waals surface area contributed by atoms with Crippen molar-refractivity contribution in [2.45, 2.75) is 26.3 Å². The van der Waals surface area contributed by atoms with E-state index in [0.29, 0.717) is 19.0 Å². The van der Waals surface area contributed by atoms with Gasteiger partial charge in [-0.2, -0.15) is 5.10 Å². The molecule has 18 heavy (non-hydrogen) atoms. The Morgan fingerprint density at radius 3 is 3.06 bits per heavy atom. The van der Waals surface area contributed by atoms with Gasteiger partial charge in [0.25, 0.3) is 0 Å². The van der Waals surface area contributed by atoms with Gasteiger partial charge in [-0.05, 0) is 18.2 Å². The molecular formula is C13H18N4O. The monoisotopic (exact) mass is 246 g/mol. The molecule has 0 unspecified atom stereocenters. The highest BCUT2D eigenvalue weighted by atomic mass is 16.1. The normalized spacial score (nSPS) is 11.1. The van der Waals surface area contributed by atoms with Crippen LogP contribution in [0.1, 0.15) is 20.3 Å². The molecule has 0 aliphatic rings. The Kier molecular flexibility index (Phi) is 3.94. The largest absolute Gasteiger partial charge is 0.326 e. The summed E-state index contributed by atoms with van der Waals surface area (Å²) in [7, 11) is 0. The molecular weight excluding hydrogens is 228 g/mol. The number of aromatic amines is 1. The molecule has 1 amide bonds. The predicted molar refractivity (Wildman–Crippen MR) is 72.5 cm³/mol. The van der Waals surface area contributed by atoms with Crippen LogP contribution in [0.5, 0.6) is 0 Å². The number of nitrogens with one attached hydrogen (secondary N) is 3. The number of nitrogens with zero attached hydrogens (tertiary/aromatic N) is 1. The third-order valence-electron chi connectivity index (χ3n) is 2.63. The summed E-state index contributed by atoms with van der Waals surface area (Å²) in [6, 6.07) is 6.09. The molecule has 1 aromatic heterocycles. The number of carbonyl (C=O) groups is 1. The lowest BCUT2D eigenvalue weighted by molar-refractivity contribution is -0.116. The van der Waals surface area contributed by atoms with Gasteiger partial charge in [-0.25, -0.2) is 0 Å². The Labute approximate surface area is 106 Å². The Bertz CT molecular complexity index is 533. The lowest BCUT2D eigenvalue weighted by Crippen LogP contribution is -2.27. The van der Waals surface area contributed by atoms with Gasteiger partial charge < -0.3 is 10.6 Å². The fourth-order valence-electron chi connectivity index (χ4n) is 1.72. The Morgan fingerprint density at radius 1 is 1.44 bits per heavy atom. The van der Waals surface area contributed by atoms with Crippen LogP contribution in [0.2, 0.25) is 0 Å². The second kappa shape index (κ2) is 5.64. The average molecular weight is 246 g/mol. The lowest BCUT2D eigenvalue weighted by Gasteiger charge is -2.08. The van der Waals surface area contributed by atoms with Crippen molar-refractivity contribution in [2.24, 2.45) is 0 Å². The van der Waals surface area contributed by atoms with E-state index in [0.717, 1.165) is 16.6 Å². The van der Waals surface area contributed by atoms with Gasteiger partial charge in [0, 0.05) is 30.1 Å². The van der Waals surface area contributed by atoms with Crippen LogP contribution in [-0.2, 0) is 4.79 Å². The molecule has 0 saturated heterocycles. The first-order valence-electron chi connectivity index (χ1n) is 6.11. The highest BCUT2D eigenvalue weighted by Gasteiger charge is 2.04. The van der Waals surface area contributed by atoms with E-state index in [1.807, 2.05) is 18.2 Å². The molecule has 1 heterocycles. The van der Waals surface area contributed by atoms with Crippen LogP contribution < -0.4 is 10.6 Å². The van der Waals surface area contributed by atoms with E-state index >= 15 is 0 Å². The number of hydrogen-bond acceptors (Lipinski definition) is 3. The molecule has 96 valence electrons. The maximum absolute atomic E-state index is 11.7. The Balaban J connectivity index is 1.90. The van der Waals surface area contributed by atoms with Crippen LogP contribution in [0.25, 0.3) is 10.9 Å². The van der Waals surface area contributed by atoms with Gasteiger partial charge >= 0.3 is 0 Å². The van der Waals surface area contributed by atoms with Crippen molar-refractivity contribution in [1.82, 2.24) is 15.5 Å². The minimum absolute atomic E-state index is 0.0194. The number of H-pyrrole nitrogens is 1. The molecule has 0 aliphatic carbocycles. The molecule has 0 saturated carbocycles. The van der Waals surface area contributed by atoms with Crippen molar-refractivity contribution in [3.63, 3.8) is 0 Å². The van der Waals surface area contributed by atoms with Crippen LogP contribution in [0.15, 0.2) is 24.4 Å². The summed E-state index contributed by atoms with van der Waals surface area (Å²) in [4.78, 5) is 11.7. The molecule has 0 bridgehead atoms. The summed E-state index contributed by atoms with van der Waals surface area (Å²) in [6.45, 7) is 4.81. The average Bonchev–Trinajstić information content (AvgIpc) is 2.75. The van der Waals surface area contributed by atoms with E-state index in [-0.39, 0.29) is 5.91 Å². The quantitative estimate of drug-likeness (QED) is 0.754. The van der Waals surface area contributed by atoms with Crippen LogP contribution in [0.4, 0.5) is 5.69 Å². The number of amides is 1. The molecule has 1 aromatic carbocycles. The number of rotatable bonds is 5. The van der Waals surface area contributed by atoms with Crippen molar-refractivity contribution in [3.8, 4) is 0 Å². The summed E-state index contributed by atoms with van der Waals surface area (Å²) in [6.07, 6.45) is 2.22. The zero-order valence-corrected chi connectivity index (χ0v) is 10.7. The van der Waals surface area contributed by atoms with Crippen LogP contribution in [0.3, 0.4) is 0 Å². The van der Waals surface area contributed by atoms with Crippen molar-refractivity contribution in [3.05, 3.63) is 24.4 Å². The summed E-state index contributed by atoms with van der Waals surface area (Å²) in [5, 5.41) is 13.9. The maximum Gasteiger partial charge on any atom is 0.225 e. The number of fused-ring (bicyclic) bond motifs is 1. The predicted octanol–water partition coefficient (Wildman–Crippen LogP) is 1.89. The van der Waals surface area contributed by atoms with Gasteiger partial charge in [0.05, 0.1) is 11.7 Å². The number of aromatic nitrogens is 2.